The molecule has 1 aromatic carbocycles. The molecule has 0 bridgehead atoms. The molecular formula is C19H25N3O3. The lowest BCUT2D eigenvalue weighted by atomic mass is 9.76. The van der Waals surface area contributed by atoms with E-state index in [0.29, 0.717) is 11.4 Å². The lowest BCUT2D eigenvalue weighted by molar-refractivity contribution is -0.144. The summed E-state index contributed by atoms with van der Waals surface area (Å²) < 4.78 is 0. The summed E-state index contributed by atoms with van der Waals surface area (Å²) in [5.74, 6) is -2.25. The number of rotatable bonds is 3. The molecular weight excluding hydrogens is 318 g/mol. The second kappa shape index (κ2) is 6.86. The van der Waals surface area contributed by atoms with E-state index in [1.54, 1.807) is 38.1 Å². The molecule has 0 atom stereocenters. The molecule has 3 rings (SSSR count). The van der Waals surface area contributed by atoms with Crippen molar-refractivity contribution >= 4 is 29.1 Å². The van der Waals surface area contributed by atoms with Gasteiger partial charge >= 0.3 is 0 Å². The van der Waals surface area contributed by atoms with Gasteiger partial charge in [-0.1, -0.05) is 31.4 Å². The summed E-state index contributed by atoms with van der Waals surface area (Å²) in [4.78, 5) is 38.2. The first-order valence-electron chi connectivity index (χ1n) is 8.91. The summed E-state index contributed by atoms with van der Waals surface area (Å²) in [5.41, 5.74) is -0.0492. The SMILES string of the molecule is CC(C)(C(=O)NC1CCCCC1)C1C(=O)Nc2ccccc2NC1=O. The third-order valence-electron chi connectivity index (χ3n) is 5.21. The quantitative estimate of drug-likeness (QED) is 0.737. The predicted molar refractivity (Wildman–Crippen MR) is 96.0 cm³/mol. The van der Waals surface area contributed by atoms with Crippen molar-refractivity contribution in [3.63, 3.8) is 0 Å². The van der Waals surface area contributed by atoms with Crippen LogP contribution in [-0.4, -0.2) is 23.8 Å². The fraction of sp³-hybridized carbons (Fsp3) is 0.526. The molecule has 1 aliphatic carbocycles. The first kappa shape index (κ1) is 17.5. The molecule has 1 heterocycles. The van der Waals surface area contributed by atoms with Gasteiger partial charge in [0.1, 0.15) is 5.92 Å². The van der Waals surface area contributed by atoms with Crippen molar-refractivity contribution in [3.8, 4) is 0 Å². The van der Waals surface area contributed by atoms with E-state index in [-0.39, 0.29) is 11.9 Å². The van der Waals surface area contributed by atoms with Crippen LogP contribution in [0.5, 0.6) is 0 Å². The van der Waals surface area contributed by atoms with Crippen LogP contribution in [0.2, 0.25) is 0 Å². The number of nitrogens with one attached hydrogen (secondary N) is 3. The van der Waals surface area contributed by atoms with Gasteiger partial charge in [-0.2, -0.15) is 0 Å². The number of fused-ring (bicyclic) bond motifs is 1. The van der Waals surface area contributed by atoms with Gasteiger partial charge in [-0.25, -0.2) is 0 Å². The van der Waals surface area contributed by atoms with E-state index in [9.17, 15) is 14.4 Å². The van der Waals surface area contributed by atoms with E-state index in [1.807, 2.05) is 0 Å². The first-order valence-corrected chi connectivity index (χ1v) is 8.91. The van der Waals surface area contributed by atoms with Crippen LogP contribution >= 0.6 is 0 Å². The zero-order valence-corrected chi connectivity index (χ0v) is 14.7. The standard InChI is InChI=1S/C19H25N3O3/c1-19(2,18(25)20-12-8-4-3-5-9-12)15-16(23)21-13-10-6-7-11-14(13)22-17(15)24/h6-7,10-12,15H,3-5,8-9H2,1-2H3,(H,20,25)(H,21,23)(H,22,24). The van der Waals surface area contributed by atoms with Gasteiger partial charge < -0.3 is 16.0 Å². The summed E-state index contributed by atoms with van der Waals surface area (Å²) >= 11 is 0. The minimum Gasteiger partial charge on any atom is -0.353 e. The number of hydrogen-bond acceptors (Lipinski definition) is 3. The molecule has 0 unspecified atom stereocenters. The predicted octanol–water partition coefficient (Wildman–Crippen LogP) is 2.67. The maximum absolute atomic E-state index is 12.8. The van der Waals surface area contributed by atoms with Gasteiger partial charge in [0.05, 0.1) is 16.8 Å². The van der Waals surface area contributed by atoms with Gasteiger partial charge in [0, 0.05) is 6.04 Å². The number of amides is 3. The van der Waals surface area contributed by atoms with E-state index >= 15 is 0 Å². The molecule has 134 valence electrons. The average molecular weight is 343 g/mol. The molecule has 6 heteroatoms. The van der Waals surface area contributed by atoms with Crippen molar-refractivity contribution in [2.45, 2.75) is 52.0 Å². The van der Waals surface area contributed by atoms with Gasteiger partial charge in [0.2, 0.25) is 17.7 Å². The van der Waals surface area contributed by atoms with E-state index < -0.39 is 23.1 Å². The van der Waals surface area contributed by atoms with Crippen molar-refractivity contribution in [1.82, 2.24) is 5.32 Å². The molecule has 1 aliphatic heterocycles. The smallest absolute Gasteiger partial charge is 0.238 e. The number of hydrogen-bond donors (Lipinski definition) is 3. The molecule has 3 N–H and O–H groups in total. The highest BCUT2D eigenvalue weighted by atomic mass is 16.2. The van der Waals surface area contributed by atoms with Crippen molar-refractivity contribution in [3.05, 3.63) is 24.3 Å². The monoisotopic (exact) mass is 343 g/mol. The fourth-order valence-electron chi connectivity index (χ4n) is 3.63. The summed E-state index contributed by atoms with van der Waals surface area (Å²) in [6, 6.07) is 7.16. The highest BCUT2D eigenvalue weighted by Gasteiger charge is 2.47. The van der Waals surface area contributed by atoms with Crippen molar-refractivity contribution in [2.75, 3.05) is 10.6 Å². The van der Waals surface area contributed by atoms with Crippen molar-refractivity contribution < 1.29 is 14.4 Å². The lowest BCUT2D eigenvalue weighted by Gasteiger charge is -2.32. The number of carbonyl (C=O) groups is 3. The summed E-state index contributed by atoms with van der Waals surface area (Å²) in [5, 5.41) is 8.57. The maximum Gasteiger partial charge on any atom is 0.238 e. The Morgan fingerprint density at radius 3 is 2.04 bits per heavy atom. The van der Waals surface area contributed by atoms with Gasteiger partial charge in [-0.15, -0.1) is 0 Å². The second-order valence-corrected chi connectivity index (χ2v) is 7.49. The van der Waals surface area contributed by atoms with Crippen molar-refractivity contribution in [2.24, 2.45) is 11.3 Å². The van der Waals surface area contributed by atoms with E-state index in [0.717, 1.165) is 25.7 Å². The zero-order chi connectivity index (χ0) is 18.0. The molecule has 2 aliphatic rings. The molecule has 1 aromatic rings. The fourth-order valence-corrected chi connectivity index (χ4v) is 3.63. The van der Waals surface area contributed by atoms with Crippen LogP contribution in [0.15, 0.2) is 24.3 Å². The average Bonchev–Trinajstić information content (AvgIpc) is 2.70. The number of para-hydroxylation sites is 2. The molecule has 1 saturated carbocycles. The van der Waals surface area contributed by atoms with Gasteiger partial charge in [-0.05, 0) is 38.8 Å². The third-order valence-corrected chi connectivity index (χ3v) is 5.21. The Balaban J connectivity index is 1.79. The molecule has 25 heavy (non-hydrogen) atoms. The minimum atomic E-state index is -1.15. The highest BCUT2D eigenvalue weighted by molar-refractivity contribution is 6.18. The lowest BCUT2D eigenvalue weighted by Crippen LogP contribution is -2.52. The normalized spacial score (nSPS) is 19.4. The van der Waals surface area contributed by atoms with Crippen LogP contribution in [0.4, 0.5) is 11.4 Å². The minimum absolute atomic E-state index is 0.134. The Morgan fingerprint density at radius 1 is 1.00 bits per heavy atom. The third kappa shape index (κ3) is 3.52. The maximum atomic E-state index is 12.8. The van der Waals surface area contributed by atoms with Crippen LogP contribution in [0.1, 0.15) is 46.0 Å². The summed E-state index contributed by atoms with van der Waals surface area (Å²) in [6.07, 6.45) is 5.31. The van der Waals surface area contributed by atoms with Crippen LogP contribution < -0.4 is 16.0 Å². The van der Waals surface area contributed by atoms with E-state index in [2.05, 4.69) is 16.0 Å². The van der Waals surface area contributed by atoms with Crippen LogP contribution in [-0.2, 0) is 14.4 Å². The first-order chi connectivity index (χ1) is 11.9. The Hall–Kier alpha value is -2.37. The molecule has 0 radical (unpaired) electrons. The molecule has 3 amide bonds. The summed E-state index contributed by atoms with van der Waals surface area (Å²) in [6.45, 7) is 3.32. The molecule has 0 aromatic heterocycles. The Kier molecular flexibility index (Phi) is 4.79. The van der Waals surface area contributed by atoms with Crippen LogP contribution in [0.3, 0.4) is 0 Å². The van der Waals surface area contributed by atoms with Crippen LogP contribution in [0.25, 0.3) is 0 Å². The number of anilines is 2. The Bertz CT molecular complexity index is 656. The van der Waals surface area contributed by atoms with Crippen molar-refractivity contribution in [1.29, 1.82) is 0 Å². The molecule has 1 fully saturated rings. The second-order valence-electron chi connectivity index (χ2n) is 7.49. The van der Waals surface area contributed by atoms with Gasteiger partial charge in [0.15, 0.2) is 0 Å². The topological polar surface area (TPSA) is 87.3 Å². The summed E-state index contributed by atoms with van der Waals surface area (Å²) in [7, 11) is 0. The molecule has 0 spiro atoms. The molecule has 0 saturated heterocycles. The Morgan fingerprint density at radius 2 is 1.52 bits per heavy atom. The van der Waals surface area contributed by atoms with E-state index in [4.69, 9.17) is 0 Å². The van der Waals surface area contributed by atoms with Crippen LogP contribution in [0, 0.1) is 11.3 Å². The Labute approximate surface area is 147 Å². The number of carbonyl (C=O) groups excluding carboxylic acids is 3. The zero-order valence-electron chi connectivity index (χ0n) is 14.7. The van der Waals surface area contributed by atoms with E-state index in [1.165, 1.54) is 6.42 Å². The highest BCUT2D eigenvalue weighted by Crippen LogP contribution is 2.34. The molecule has 6 nitrogen and oxygen atoms in total. The largest absolute Gasteiger partial charge is 0.353 e. The number of benzene rings is 1. The van der Waals surface area contributed by atoms with Gasteiger partial charge in [-0.3, -0.25) is 14.4 Å². The van der Waals surface area contributed by atoms with Gasteiger partial charge in [0.25, 0.3) is 0 Å².